The largest absolute Gasteiger partial charge is 0.371 e. The Morgan fingerprint density at radius 3 is 2.90 bits per heavy atom. The molecule has 1 aliphatic rings. The fraction of sp³-hybridized carbons (Fsp3) is 0.667. The SMILES string of the molecule is CCCC1CCN(c2ccc(Cl)cc2CNCC(C)C)C1. The Hall–Kier alpha value is -0.730. The van der Waals surface area contributed by atoms with Crippen LogP contribution in [0.15, 0.2) is 18.2 Å². The molecule has 1 aromatic rings. The van der Waals surface area contributed by atoms with Crippen LogP contribution in [0.2, 0.25) is 5.02 Å². The number of nitrogens with zero attached hydrogens (tertiary/aromatic N) is 1. The van der Waals surface area contributed by atoms with Crippen LogP contribution in [-0.4, -0.2) is 19.6 Å². The molecule has 1 aromatic carbocycles. The van der Waals surface area contributed by atoms with Gasteiger partial charge in [0.1, 0.15) is 0 Å². The summed E-state index contributed by atoms with van der Waals surface area (Å²) < 4.78 is 0. The van der Waals surface area contributed by atoms with Crippen molar-refractivity contribution >= 4 is 17.3 Å². The average Bonchev–Trinajstić information content (AvgIpc) is 2.87. The predicted octanol–water partition coefficient (Wildman–Crippen LogP) is 4.71. The van der Waals surface area contributed by atoms with Gasteiger partial charge in [-0.3, -0.25) is 0 Å². The zero-order valence-corrected chi connectivity index (χ0v) is 14.4. The van der Waals surface area contributed by atoms with E-state index in [4.69, 9.17) is 11.6 Å². The van der Waals surface area contributed by atoms with Crippen molar-refractivity contribution in [3.8, 4) is 0 Å². The van der Waals surface area contributed by atoms with E-state index in [-0.39, 0.29) is 0 Å². The number of anilines is 1. The topological polar surface area (TPSA) is 15.3 Å². The van der Waals surface area contributed by atoms with Crippen molar-refractivity contribution in [1.29, 1.82) is 0 Å². The second-order valence-electron chi connectivity index (χ2n) is 6.69. The molecule has 0 spiro atoms. The highest BCUT2D eigenvalue weighted by molar-refractivity contribution is 6.30. The van der Waals surface area contributed by atoms with Crippen LogP contribution in [0.4, 0.5) is 5.69 Å². The molecular weight excluding hydrogens is 280 g/mol. The third-order valence-electron chi connectivity index (χ3n) is 4.23. The molecule has 0 aliphatic carbocycles. The van der Waals surface area contributed by atoms with E-state index in [0.29, 0.717) is 5.92 Å². The van der Waals surface area contributed by atoms with Crippen molar-refractivity contribution in [3.05, 3.63) is 28.8 Å². The third-order valence-corrected chi connectivity index (χ3v) is 4.47. The zero-order valence-electron chi connectivity index (χ0n) is 13.7. The van der Waals surface area contributed by atoms with Crippen LogP contribution < -0.4 is 10.2 Å². The van der Waals surface area contributed by atoms with Gasteiger partial charge in [0.15, 0.2) is 0 Å². The van der Waals surface area contributed by atoms with Gasteiger partial charge in [0.25, 0.3) is 0 Å². The summed E-state index contributed by atoms with van der Waals surface area (Å²) in [6.07, 6.45) is 3.97. The van der Waals surface area contributed by atoms with Crippen LogP contribution in [0.5, 0.6) is 0 Å². The summed E-state index contributed by atoms with van der Waals surface area (Å²) in [5, 5.41) is 4.38. The standard InChI is InChI=1S/C18H29ClN2/c1-4-5-15-8-9-21(13-15)18-7-6-17(19)10-16(18)12-20-11-14(2)3/h6-7,10,14-15,20H,4-5,8-9,11-13H2,1-3H3. The number of nitrogens with one attached hydrogen (secondary N) is 1. The van der Waals surface area contributed by atoms with Crippen molar-refractivity contribution in [2.75, 3.05) is 24.5 Å². The molecule has 1 fully saturated rings. The van der Waals surface area contributed by atoms with E-state index in [1.165, 1.54) is 43.6 Å². The van der Waals surface area contributed by atoms with E-state index in [2.05, 4.69) is 43.1 Å². The van der Waals surface area contributed by atoms with Gasteiger partial charge >= 0.3 is 0 Å². The Balaban J connectivity index is 2.04. The van der Waals surface area contributed by atoms with Crippen LogP contribution in [0.3, 0.4) is 0 Å². The molecule has 0 saturated carbocycles. The summed E-state index contributed by atoms with van der Waals surface area (Å²) in [5.41, 5.74) is 2.70. The van der Waals surface area contributed by atoms with Crippen LogP contribution in [0.25, 0.3) is 0 Å². The fourth-order valence-electron chi connectivity index (χ4n) is 3.20. The smallest absolute Gasteiger partial charge is 0.0412 e. The number of halogens is 1. The van der Waals surface area contributed by atoms with Gasteiger partial charge in [0, 0.05) is 30.3 Å². The lowest BCUT2D eigenvalue weighted by Gasteiger charge is -2.23. The molecule has 0 amide bonds. The molecule has 1 saturated heterocycles. The molecule has 1 N–H and O–H groups in total. The van der Waals surface area contributed by atoms with Gasteiger partial charge in [0.2, 0.25) is 0 Å². The Morgan fingerprint density at radius 2 is 2.19 bits per heavy atom. The van der Waals surface area contributed by atoms with E-state index < -0.39 is 0 Å². The zero-order chi connectivity index (χ0) is 15.2. The second-order valence-corrected chi connectivity index (χ2v) is 7.12. The minimum atomic E-state index is 0.674. The van der Waals surface area contributed by atoms with Gasteiger partial charge in [-0.05, 0) is 55.0 Å². The molecule has 2 rings (SSSR count). The maximum Gasteiger partial charge on any atom is 0.0412 e. The van der Waals surface area contributed by atoms with Crippen molar-refractivity contribution in [2.24, 2.45) is 11.8 Å². The Bertz CT molecular complexity index is 445. The minimum absolute atomic E-state index is 0.674. The van der Waals surface area contributed by atoms with E-state index in [1.54, 1.807) is 0 Å². The molecule has 0 radical (unpaired) electrons. The molecule has 0 bridgehead atoms. The first-order chi connectivity index (χ1) is 10.1. The van der Waals surface area contributed by atoms with E-state index >= 15 is 0 Å². The van der Waals surface area contributed by atoms with Gasteiger partial charge in [-0.2, -0.15) is 0 Å². The lowest BCUT2D eigenvalue weighted by Crippen LogP contribution is -2.24. The summed E-state index contributed by atoms with van der Waals surface area (Å²) in [5.74, 6) is 1.54. The van der Waals surface area contributed by atoms with Crippen LogP contribution in [-0.2, 0) is 6.54 Å². The highest BCUT2D eigenvalue weighted by Gasteiger charge is 2.23. The predicted molar refractivity (Wildman–Crippen MR) is 93.2 cm³/mol. The van der Waals surface area contributed by atoms with E-state index in [1.807, 2.05) is 6.07 Å². The maximum absolute atomic E-state index is 6.20. The van der Waals surface area contributed by atoms with Crippen molar-refractivity contribution < 1.29 is 0 Å². The molecular formula is C18H29ClN2. The molecule has 3 heteroatoms. The maximum atomic E-state index is 6.20. The van der Waals surface area contributed by atoms with Crippen LogP contribution in [0, 0.1) is 11.8 Å². The Morgan fingerprint density at radius 1 is 1.38 bits per heavy atom. The highest BCUT2D eigenvalue weighted by atomic mass is 35.5. The Kier molecular flexibility index (Phi) is 6.38. The summed E-state index contributed by atoms with van der Waals surface area (Å²) >= 11 is 6.20. The van der Waals surface area contributed by atoms with Gasteiger partial charge in [-0.25, -0.2) is 0 Å². The molecule has 0 aromatic heterocycles. The first-order valence-corrected chi connectivity index (χ1v) is 8.72. The number of hydrogen-bond donors (Lipinski definition) is 1. The monoisotopic (exact) mass is 308 g/mol. The lowest BCUT2D eigenvalue weighted by atomic mass is 10.0. The van der Waals surface area contributed by atoms with Crippen molar-refractivity contribution in [3.63, 3.8) is 0 Å². The third kappa shape index (κ3) is 4.89. The minimum Gasteiger partial charge on any atom is -0.371 e. The molecule has 118 valence electrons. The van der Waals surface area contributed by atoms with Crippen LogP contribution in [0.1, 0.15) is 45.6 Å². The average molecular weight is 309 g/mol. The first-order valence-electron chi connectivity index (χ1n) is 8.34. The first kappa shape index (κ1) is 16.6. The molecule has 1 heterocycles. The summed E-state index contributed by atoms with van der Waals surface area (Å²) in [6, 6.07) is 6.34. The summed E-state index contributed by atoms with van der Waals surface area (Å²) in [6.45, 7) is 11.1. The molecule has 2 nitrogen and oxygen atoms in total. The molecule has 21 heavy (non-hydrogen) atoms. The number of hydrogen-bond acceptors (Lipinski definition) is 2. The fourth-order valence-corrected chi connectivity index (χ4v) is 3.39. The summed E-state index contributed by atoms with van der Waals surface area (Å²) in [7, 11) is 0. The van der Waals surface area contributed by atoms with Gasteiger partial charge in [-0.15, -0.1) is 0 Å². The summed E-state index contributed by atoms with van der Waals surface area (Å²) in [4.78, 5) is 2.54. The highest BCUT2D eigenvalue weighted by Crippen LogP contribution is 2.30. The van der Waals surface area contributed by atoms with Gasteiger partial charge < -0.3 is 10.2 Å². The molecule has 1 atom stereocenters. The van der Waals surface area contributed by atoms with Crippen LogP contribution >= 0.6 is 11.6 Å². The normalized spacial score (nSPS) is 18.7. The number of benzene rings is 1. The molecule has 1 aliphatic heterocycles. The molecule has 1 unspecified atom stereocenters. The lowest BCUT2D eigenvalue weighted by molar-refractivity contribution is 0.529. The Labute approximate surface area is 134 Å². The van der Waals surface area contributed by atoms with E-state index in [0.717, 1.165) is 24.0 Å². The van der Waals surface area contributed by atoms with Crippen molar-refractivity contribution in [2.45, 2.75) is 46.6 Å². The van der Waals surface area contributed by atoms with Crippen molar-refractivity contribution in [1.82, 2.24) is 5.32 Å². The number of rotatable bonds is 7. The van der Waals surface area contributed by atoms with E-state index in [9.17, 15) is 0 Å². The quantitative estimate of drug-likeness (QED) is 0.784. The van der Waals surface area contributed by atoms with Gasteiger partial charge in [0.05, 0.1) is 0 Å². The van der Waals surface area contributed by atoms with Gasteiger partial charge in [-0.1, -0.05) is 38.8 Å². The second kappa shape index (κ2) is 8.05.